The van der Waals surface area contributed by atoms with E-state index in [0.717, 1.165) is 25.3 Å². The highest BCUT2D eigenvalue weighted by atomic mass is 19.4. The van der Waals surface area contributed by atoms with Crippen LogP contribution in [-0.4, -0.2) is 18.1 Å². The van der Waals surface area contributed by atoms with Gasteiger partial charge in [0.15, 0.2) is 0 Å². The normalized spacial score (nSPS) is 13.3. The molecule has 1 aromatic rings. The van der Waals surface area contributed by atoms with Crippen LogP contribution in [0.2, 0.25) is 0 Å². The van der Waals surface area contributed by atoms with Crippen molar-refractivity contribution >= 4 is 5.82 Å². The quantitative estimate of drug-likeness (QED) is 0.803. The van der Waals surface area contributed by atoms with Gasteiger partial charge in [0.25, 0.3) is 0 Å². The second-order valence-electron chi connectivity index (χ2n) is 4.52. The van der Waals surface area contributed by atoms with Crippen LogP contribution < -0.4 is 11.1 Å². The van der Waals surface area contributed by atoms with Crippen molar-refractivity contribution in [2.75, 3.05) is 18.4 Å². The molecule has 0 spiro atoms. The number of hydrogen-bond acceptors (Lipinski definition) is 3. The predicted molar refractivity (Wildman–Crippen MR) is 69.8 cm³/mol. The van der Waals surface area contributed by atoms with Crippen LogP contribution in [0.1, 0.15) is 31.9 Å². The van der Waals surface area contributed by atoms with Crippen LogP contribution >= 0.6 is 0 Å². The third-order valence-electron chi connectivity index (χ3n) is 2.88. The number of hydrogen-bond donors (Lipinski definition) is 2. The summed E-state index contributed by atoms with van der Waals surface area (Å²) in [6, 6.07) is 3.87. The van der Waals surface area contributed by atoms with Gasteiger partial charge in [0, 0.05) is 6.54 Å². The van der Waals surface area contributed by atoms with Gasteiger partial charge in [-0.2, -0.15) is 13.2 Å². The molecule has 0 bridgehead atoms. The Balaban J connectivity index is 2.61. The van der Waals surface area contributed by atoms with Crippen molar-refractivity contribution in [1.82, 2.24) is 4.98 Å². The molecular weight excluding hydrogens is 255 g/mol. The molecular formula is C13H20F3N3. The van der Waals surface area contributed by atoms with Gasteiger partial charge in [-0.05, 0) is 37.4 Å². The summed E-state index contributed by atoms with van der Waals surface area (Å²) in [6.45, 7) is 3.26. The zero-order valence-electron chi connectivity index (χ0n) is 11.0. The standard InChI is InChI=1S/C13H20F3N3/c1-2-4-10(7-8-17)9-18-12-6-3-5-11(19-12)13(14,15)16/h3,5-6,10H,2,4,7-9,17H2,1H3,(H,18,19). The average Bonchev–Trinajstić information content (AvgIpc) is 2.36. The highest BCUT2D eigenvalue weighted by Crippen LogP contribution is 2.28. The first-order valence-corrected chi connectivity index (χ1v) is 6.45. The molecule has 0 aliphatic heterocycles. The molecule has 6 heteroatoms. The van der Waals surface area contributed by atoms with Gasteiger partial charge in [-0.15, -0.1) is 0 Å². The Morgan fingerprint density at radius 1 is 1.32 bits per heavy atom. The van der Waals surface area contributed by atoms with E-state index in [9.17, 15) is 13.2 Å². The smallest absolute Gasteiger partial charge is 0.370 e. The number of nitrogens with zero attached hydrogens (tertiary/aromatic N) is 1. The van der Waals surface area contributed by atoms with Gasteiger partial charge in [-0.1, -0.05) is 19.4 Å². The van der Waals surface area contributed by atoms with E-state index in [2.05, 4.69) is 17.2 Å². The number of alkyl halides is 3. The van der Waals surface area contributed by atoms with Crippen LogP contribution in [0.3, 0.4) is 0 Å². The molecule has 1 atom stereocenters. The van der Waals surface area contributed by atoms with Gasteiger partial charge < -0.3 is 11.1 Å². The maximum atomic E-state index is 12.5. The molecule has 0 aliphatic rings. The van der Waals surface area contributed by atoms with E-state index in [-0.39, 0.29) is 5.82 Å². The Morgan fingerprint density at radius 3 is 2.63 bits per heavy atom. The zero-order chi connectivity index (χ0) is 14.3. The maximum absolute atomic E-state index is 12.5. The molecule has 3 N–H and O–H groups in total. The number of rotatable bonds is 7. The summed E-state index contributed by atoms with van der Waals surface area (Å²) in [7, 11) is 0. The third-order valence-corrected chi connectivity index (χ3v) is 2.88. The Kier molecular flexibility index (Phi) is 6.08. The van der Waals surface area contributed by atoms with Crippen molar-refractivity contribution in [3.05, 3.63) is 23.9 Å². The van der Waals surface area contributed by atoms with Crippen LogP contribution in [0.4, 0.5) is 19.0 Å². The van der Waals surface area contributed by atoms with Gasteiger partial charge >= 0.3 is 6.18 Å². The third kappa shape index (κ3) is 5.46. The Hall–Kier alpha value is -1.30. The van der Waals surface area contributed by atoms with Crippen molar-refractivity contribution < 1.29 is 13.2 Å². The fraction of sp³-hybridized carbons (Fsp3) is 0.615. The molecule has 0 amide bonds. The molecule has 108 valence electrons. The van der Waals surface area contributed by atoms with E-state index in [4.69, 9.17) is 5.73 Å². The van der Waals surface area contributed by atoms with Crippen molar-refractivity contribution in [2.45, 2.75) is 32.4 Å². The number of nitrogens with two attached hydrogens (primary N) is 1. The molecule has 1 unspecified atom stereocenters. The SMILES string of the molecule is CCCC(CCN)CNc1cccc(C(F)(F)F)n1. The van der Waals surface area contributed by atoms with Gasteiger partial charge in [-0.3, -0.25) is 0 Å². The molecule has 0 aliphatic carbocycles. The number of halogens is 3. The van der Waals surface area contributed by atoms with Crippen LogP contribution in [0, 0.1) is 5.92 Å². The Morgan fingerprint density at radius 2 is 2.05 bits per heavy atom. The Bertz CT molecular complexity index is 374. The second kappa shape index (κ2) is 7.33. The summed E-state index contributed by atoms with van der Waals surface area (Å²) >= 11 is 0. The second-order valence-corrected chi connectivity index (χ2v) is 4.52. The van der Waals surface area contributed by atoms with Gasteiger partial charge in [0.05, 0.1) is 0 Å². The van der Waals surface area contributed by atoms with E-state index in [1.165, 1.54) is 6.07 Å². The minimum Gasteiger partial charge on any atom is -0.370 e. The maximum Gasteiger partial charge on any atom is 0.433 e. The first kappa shape index (κ1) is 15.8. The minimum atomic E-state index is -4.40. The van der Waals surface area contributed by atoms with Crippen LogP contribution in [0.5, 0.6) is 0 Å². The van der Waals surface area contributed by atoms with E-state index in [0.29, 0.717) is 19.0 Å². The largest absolute Gasteiger partial charge is 0.433 e. The summed E-state index contributed by atoms with van der Waals surface area (Å²) in [5.41, 5.74) is 4.65. The molecule has 0 fully saturated rings. The lowest BCUT2D eigenvalue weighted by Crippen LogP contribution is -2.19. The molecule has 1 heterocycles. The lowest BCUT2D eigenvalue weighted by Gasteiger charge is -2.16. The fourth-order valence-electron chi connectivity index (χ4n) is 1.93. The van der Waals surface area contributed by atoms with E-state index in [1.807, 2.05) is 0 Å². The molecule has 3 nitrogen and oxygen atoms in total. The Labute approximate surface area is 111 Å². The summed E-state index contributed by atoms with van der Waals surface area (Å²) < 4.78 is 37.5. The molecule has 19 heavy (non-hydrogen) atoms. The number of aromatic nitrogens is 1. The molecule has 0 saturated heterocycles. The first-order valence-electron chi connectivity index (χ1n) is 6.45. The predicted octanol–water partition coefficient (Wildman–Crippen LogP) is 3.28. The summed E-state index contributed by atoms with van der Waals surface area (Å²) in [5.74, 6) is 0.624. The zero-order valence-corrected chi connectivity index (χ0v) is 11.0. The molecule has 1 rings (SSSR count). The lowest BCUT2D eigenvalue weighted by atomic mass is 10.00. The minimum absolute atomic E-state index is 0.257. The lowest BCUT2D eigenvalue weighted by molar-refractivity contribution is -0.141. The van der Waals surface area contributed by atoms with Gasteiger partial charge in [0.1, 0.15) is 11.5 Å². The van der Waals surface area contributed by atoms with Crippen molar-refractivity contribution in [1.29, 1.82) is 0 Å². The summed E-state index contributed by atoms with van der Waals surface area (Å²) in [5, 5.41) is 2.96. The van der Waals surface area contributed by atoms with E-state index in [1.54, 1.807) is 6.07 Å². The first-order chi connectivity index (χ1) is 8.97. The van der Waals surface area contributed by atoms with Crippen LogP contribution in [-0.2, 0) is 6.18 Å². The fourth-order valence-corrected chi connectivity index (χ4v) is 1.93. The average molecular weight is 275 g/mol. The topological polar surface area (TPSA) is 50.9 Å². The summed E-state index contributed by atoms with van der Waals surface area (Å²) in [4.78, 5) is 3.57. The van der Waals surface area contributed by atoms with Crippen molar-refractivity contribution in [3.8, 4) is 0 Å². The molecule has 0 aromatic carbocycles. The van der Waals surface area contributed by atoms with Gasteiger partial charge in [-0.25, -0.2) is 4.98 Å². The molecule has 0 radical (unpaired) electrons. The van der Waals surface area contributed by atoms with E-state index < -0.39 is 11.9 Å². The number of nitrogens with one attached hydrogen (secondary N) is 1. The van der Waals surface area contributed by atoms with Crippen LogP contribution in [0.25, 0.3) is 0 Å². The highest BCUT2D eigenvalue weighted by Gasteiger charge is 2.32. The van der Waals surface area contributed by atoms with Crippen molar-refractivity contribution in [3.63, 3.8) is 0 Å². The molecule has 1 aromatic heterocycles. The van der Waals surface area contributed by atoms with Gasteiger partial charge in [0.2, 0.25) is 0 Å². The highest BCUT2D eigenvalue weighted by molar-refractivity contribution is 5.35. The van der Waals surface area contributed by atoms with Crippen LogP contribution in [0.15, 0.2) is 18.2 Å². The van der Waals surface area contributed by atoms with Crippen molar-refractivity contribution in [2.24, 2.45) is 11.7 Å². The monoisotopic (exact) mass is 275 g/mol. The number of anilines is 1. The van der Waals surface area contributed by atoms with E-state index >= 15 is 0 Å². The number of pyridine rings is 1. The molecule has 0 saturated carbocycles. The summed E-state index contributed by atoms with van der Waals surface area (Å²) in [6.07, 6.45) is -1.51.